The summed E-state index contributed by atoms with van der Waals surface area (Å²) < 4.78 is 5.42. The number of nitrogens with zero attached hydrogens (tertiary/aromatic N) is 2. The summed E-state index contributed by atoms with van der Waals surface area (Å²) in [5.74, 6) is 0.314. The van der Waals surface area contributed by atoms with Crippen LogP contribution in [-0.4, -0.2) is 49.0 Å². The van der Waals surface area contributed by atoms with E-state index in [-0.39, 0.29) is 18.6 Å². The summed E-state index contributed by atoms with van der Waals surface area (Å²) in [5, 5.41) is 18.6. The molecule has 1 aliphatic rings. The van der Waals surface area contributed by atoms with Crippen LogP contribution >= 0.6 is 0 Å². The Morgan fingerprint density at radius 3 is 3.11 bits per heavy atom. The zero-order chi connectivity index (χ0) is 12.7. The summed E-state index contributed by atoms with van der Waals surface area (Å²) in [7, 11) is 0. The van der Waals surface area contributed by atoms with Crippen molar-refractivity contribution in [3.05, 3.63) is 22.5 Å². The van der Waals surface area contributed by atoms with Crippen molar-refractivity contribution < 1.29 is 14.9 Å². The van der Waals surface area contributed by atoms with Crippen LogP contribution in [0.25, 0.3) is 11.2 Å². The Bertz CT molecular complexity index is 622. The molecule has 0 aliphatic carbocycles. The second-order valence-electron chi connectivity index (χ2n) is 4.20. The number of rotatable bonds is 2. The molecule has 0 saturated carbocycles. The molecule has 1 aliphatic heterocycles. The number of fused-ring (bicyclic) bond motifs is 1. The normalized spacial score (nSPS) is 28.0. The lowest BCUT2D eigenvalue weighted by Crippen LogP contribution is -2.24. The van der Waals surface area contributed by atoms with E-state index in [1.165, 1.54) is 6.33 Å². The Hall–Kier alpha value is -1.77. The molecule has 1 unspecified atom stereocenters. The monoisotopic (exact) mass is 252 g/mol. The van der Waals surface area contributed by atoms with Crippen molar-refractivity contribution in [2.24, 2.45) is 0 Å². The van der Waals surface area contributed by atoms with Gasteiger partial charge in [0.15, 0.2) is 11.2 Å². The molecule has 0 radical (unpaired) electrons. The maximum Gasteiger partial charge on any atom is 0.277 e. The highest BCUT2D eigenvalue weighted by Crippen LogP contribution is 2.30. The van der Waals surface area contributed by atoms with Crippen LogP contribution in [0.5, 0.6) is 0 Å². The average molecular weight is 252 g/mol. The molecule has 1 saturated heterocycles. The zero-order valence-electron chi connectivity index (χ0n) is 9.33. The number of hydrogen-bond donors (Lipinski definition) is 4. The smallest absolute Gasteiger partial charge is 0.277 e. The molecule has 1 fully saturated rings. The molecule has 2 aromatic heterocycles. The molecule has 0 aromatic carbocycles. The van der Waals surface area contributed by atoms with Gasteiger partial charge in [0.25, 0.3) is 5.56 Å². The van der Waals surface area contributed by atoms with E-state index in [1.54, 1.807) is 0 Å². The van der Waals surface area contributed by atoms with Crippen molar-refractivity contribution in [2.75, 3.05) is 6.61 Å². The standard InChI is InChI=1S/C10H12N4O4/c15-2-6-4(16)1-5(18-6)8-13-9-7(10(17)14-8)11-3-12-9/h3-6,15-16H,1-2H2,(H2,11,12,13,14,17)/t4-,5?,6+/m0/s1. The maximum absolute atomic E-state index is 11.7. The second-order valence-corrected chi connectivity index (χ2v) is 4.20. The van der Waals surface area contributed by atoms with Gasteiger partial charge in [-0.15, -0.1) is 0 Å². The minimum atomic E-state index is -0.764. The molecule has 3 atom stereocenters. The fourth-order valence-corrected chi connectivity index (χ4v) is 2.08. The van der Waals surface area contributed by atoms with E-state index in [4.69, 9.17) is 9.84 Å². The molecule has 0 bridgehead atoms. The second kappa shape index (κ2) is 4.16. The van der Waals surface area contributed by atoms with Gasteiger partial charge in [0, 0.05) is 6.42 Å². The third kappa shape index (κ3) is 1.70. The Labute approximate surface area is 101 Å². The first-order chi connectivity index (χ1) is 8.69. The number of aliphatic hydroxyl groups is 2. The highest BCUT2D eigenvalue weighted by atomic mass is 16.5. The summed E-state index contributed by atoms with van der Waals surface area (Å²) in [6, 6.07) is 0. The van der Waals surface area contributed by atoms with Crippen molar-refractivity contribution >= 4 is 11.2 Å². The van der Waals surface area contributed by atoms with Crippen molar-refractivity contribution in [3.8, 4) is 0 Å². The Morgan fingerprint density at radius 1 is 1.56 bits per heavy atom. The predicted octanol–water partition coefficient (Wildman–Crippen LogP) is -1.17. The first-order valence-electron chi connectivity index (χ1n) is 5.56. The number of aromatic nitrogens is 4. The van der Waals surface area contributed by atoms with Crippen LogP contribution in [0.3, 0.4) is 0 Å². The van der Waals surface area contributed by atoms with Gasteiger partial charge in [-0.2, -0.15) is 0 Å². The average Bonchev–Trinajstić information content (AvgIpc) is 2.95. The molecule has 0 amide bonds. The highest BCUT2D eigenvalue weighted by Gasteiger charge is 2.35. The van der Waals surface area contributed by atoms with Crippen LogP contribution in [0.4, 0.5) is 0 Å². The molecule has 3 heterocycles. The maximum atomic E-state index is 11.7. The van der Waals surface area contributed by atoms with Crippen LogP contribution in [0.15, 0.2) is 11.1 Å². The van der Waals surface area contributed by atoms with Gasteiger partial charge in [-0.1, -0.05) is 0 Å². The zero-order valence-corrected chi connectivity index (χ0v) is 9.33. The molecule has 96 valence electrons. The van der Waals surface area contributed by atoms with Gasteiger partial charge in [0.2, 0.25) is 0 Å². The molecular weight excluding hydrogens is 240 g/mol. The third-order valence-electron chi connectivity index (χ3n) is 3.02. The molecule has 2 aromatic rings. The van der Waals surface area contributed by atoms with Gasteiger partial charge in [0.1, 0.15) is 18.0 Å². The summed E-state index contributed by atoms with van der Waals surface area (Å²) in [4.78, 5) is 25.1. The lowest BCUT2D eigenvalue weighted by molar-refractivity contribution is -0.0246. The first kappa shape index (κ1) is 11.3. The molecular formula is C10H12N4O4. The summed E-state index contributed by atoms with van der Waals surface area (Å²) in [5.41, 5.74) is 0.272. The van der Waals surface area contributed by atoms with Crippen molar-refractivity contribution in [3.63, 3.8) is 0 Å². The summed E-state index contributed by atoms with van der Waals surface area (Å²) in [6.07, 6.45) is -0.275. The number of aromatic amines is 2. The molecule has 18 heavy (non-hydrogen) atoms. The van der Waals surface area contributed by atoms with Crippen molar-refractivity contribution in [1.29, 1.82) is 0 Å². The van der Waals surface area contributed by atoms with Crippen molar-refractivity contribution in [2.45, 2.75) is 24.7 Å². The van der Waals surface area contributed by atoms with E-state index < -0.39 is 18.3 Å². The van der Waals surface area contributed by atoms with Crippen LogP contribution in [0.2, 0.25) is 0 Å². The van der Waals surface area contributed by atoms with Crippen LogP contribution in [0, 0.1) is 0 Å². The van der Waals surface area contributed by atoms with Crippen LogP contribution in [0.1, 0.15) is 18.3 Å². The quantitative estimate of drug-likeness (QED) is 0.534. The molecule has 0 spiro atoms. The predicted molar refractivity (Wildman–Crippen MR) is 59.8 cm³/mol. The number of H-pyrrole nitrogens is 2. The van der Waals surface area contributed by atoms with Gasteiger partial charge in [-0.3, -0.25) is 4.79 Å². The van der Waals surface area contributed by atoms with Crippen molar-refractivity contribution in [1.82, 2.24) is 19.9 Å². The molecule has 4 N–H and O–H groups in total. The van der Waals surface area contributed by atoms with Gasteiger partial charge in [-0.25, -0.2) is 9.97 Å². The largest absolute Gasteiger partial charge is 0.394 e. The topological polar surface area (TPSA) is 124 Å². The molecule has 8 nitrogen and oxygen atoms in total. The first-order valence-corrected chi connectivity index (χ1v) is 5.56. The van der Waals surface area contributed by atoms with E-state index >= 15 is 0 Å². The molecule has 3 rings (SSSR count). The number of ether oxygens (including phenoxy) is 1. The third-order valence-corrected chi connectivity index (χ3v) is 3.02. The van der Waals surface area contributed by atoms with Crippen LogP contribution in [-0.2, 0) is 4.74 Å². The van der Waals surface area contributed by atoms with E-state index in [2.05, 4.69) is 19.9 Å². The van der Waals surface area contributed by atoms with E-state index in [1.807, 2.05) is 0 Å². The van der Waals surface area contributed by atoms with E-state index in [0.717, 1.165) is 0 Å². The minimum Gasteiger partial charge on any atom is -0.394 e. The lowest BCUT2D eigenvalue weighted by Gasteiger charge is -2.11. The number of hydrogen-bond acceptors (Lipinski definition) is 6. The Kier molecular flexibility index (Phi) is 2.62. The van der Waals surface area contributed by atoms with Gasteiger partial charge in [-0.05, 0) is 0 Å². The summed E-state index contributed by atoms with van der Waals surface area (Å²) >= 11 is 0. The van der Waals surface area contributed by atoms with Gasteiger partial charge < -0.3 is 24.9 Å². The highest BCUT2D eigenvalue weighted by molar-refractivity contribution is 5.68. The minimum absolute atomic E-state index is 0.271. The van der Waals surface area contributed by atoms with E-state index in [0.29, 0.717) is 17.0 Å². The summed E-state index contributed by atoms with van der Waals surface area (Å²) in [6.45, 7) is -0.271. The lowest BCUT2D eigenvalue weighted by atomic mass is 10.1. The van der Waals surface area contributed by atoms with Gasteiger partial charge >= 0.3 is 0 Å². The SMILES string of the molecule is O=c1[nH]c(C2C[C@H](O)[C@@H](CO)O2)nc2nc[nH]c12. The Balaban J connectivity index is 1.98. The Morgan fingerprint density at radius 2 is 2.39 bits per heavy atom. The number of aliphatic hydroxyl groups excluding tert-OH is 2. The van der Waals surface area contributed by atoms with Crippen LogP contribution < -0.4 is 5.56 Å². The number of nitrogens with one attached hydrogen (secondary N) is 2. The fraction of sp³-hybridized carbons (Fsp3) is 0.500. The molecule has 8 heteroatoms. The fourth-order valence-electron chi connectivity index (χ4n) is 2.08. The van der Waals surface area contributed by atoms with E-state index in [9.17, 15) is 9.90 Å². The van der Waals surface area contributed by atoms with Gasteiger partial charge in [0.05, 0.1) is 19.0 Å². The number of imidazole rings is 1.